The highest BCUT2D eigenvalue weighted by molar-refractivity contribution is 6.30. The molecule has 2 aromatic rings. The molecule has 0 aliphatic carbocycles. The number of nitrogens with zero attached hydrogens (tertiary/aromatic N) is 1. The normalized spacial score (nSPS) is 21.8. The fourth-order valence-corrected chi connectivity index (χ4v) is 2.65. The van der Waals surface area contributed by atoms with E-state index in [1.165, 1.54) is 12.1 Å². The van der Waals surface area contributed by atoms with Crippen molar-refractivity contribution in [2.24, 2.45) is 5.73 Å². The van der Waals surface area contributed by atoms with Crippen LogP contribution in [0.15, 0.2) is 48.5 Å². The molecule has 0 aromatic heterocycles. The highest BCUT2D eigenvalue weighted by Gasteiger charge is 2.46. The second kappa shape index (κ2) is 4.89. The molecular formula is C15H12ClFN2O. The molecule has 102 valence electrons. The molecular weight excluding hydrogens is 279 g/mol. The number of rotatable bonds is 2. The molecule has 1 fully saturated rings. The Morgan fingerprint density at radius 3 is 2.50 bits per heavy atom. The first kappa shape index (κ1) is 13.1. The summed E-state index contributed by atoms with van der Waals surface area (Å²) < 4.78 is 13.0. The van der Waals surface area contributed by atoms with Gasteiger partial charge in [0.05, 0.1) is 6.04 Å². The fourth-order valence-electron chi connectivity index (χ4n) is 2.45. The van der Waals surface area contributed by atoms with Gasteiger partial charge < -0.3 is 10.6 Å². The zero-order valence-corrected chi connectivity index (χ0v) is 11.2. The molecule has 5 heteroatoms. The molecule has 0 radical (unpaired) electrons. The Morgan fingerprint density at radius 1 is 1.15 bits per heavy atom. The van der Waals surface area contributed by atoms with Crippen molar-refractivity contribution >= 4 is 23.2 Å². The number of nitrogens with two attached hydrogens (primary N) is 1. The third-order valence-electron chi connectivity index (χ3n) is 3.44. The summed E-state index contributed by atoms with van der Waals surface area (Å²) in [5.41, 5.74) is 7.39. The Labute approximate surface area is 120 Å². The van der Waals surface area contributed by atoms with Crippen molar-refractivity contribution in [3.63, 3.8) is 0 Å². The van der Waals surface area contributed by atoms with Gasteiger partial charge in [-0.2, -0.15) is 0 Å². The topological polar surface area (TPSA) is 46.3 Å². The third kappa shape index (κ3) is 2.07. The quantitative estimate of drug-likeness (QED) is 0.865. The lowest BCUT2D eigenvalue weighted by molar-refractivity contribution is -0.126. The molecule has 1 aliphatic rings. The molecule has 0 saturated carbocycles. The molecule has 3 nitrogen and oxygen atoms in total. The summed E-state index contributed by atoms with van der Waals surface area (Å²) in [4.78, 5) is 13.6. The average molecular weight is 291 g/mol. The Balaban J connectivity index is 1.97. The SMILES string of the molecule is N[C@H]1C(=O)N(c2ccc(F)cc2)[C@@H]1c1cccc(Cl)c1. The van der Waals surface area contributed by atoms with Gasteiger partial charge >= 0.3 is 0 Å². The van der Waals surface area contributed by atoms with E-state index in [0.717, 1.165) is 5.56 Å². The summed E-state index contributed by atoms with van der Waals surface area (Å²) in [6.07, 6.45) is 0. The number of carbonyl (C=O) groups excluding carboxylic acids is 1. The van der Waals surface area contributed by atoms with Gasteiger partial charge in [0.2, 0.25) is 5.91 Å². The monoisotopic (exact) mass is 290 g/mol. The van der Waals surface area contributed by atoms with Crippen molar-refractivity contribution in [3.8, 4) is 0 Å². The van der Waals surface area contributed by atoms with E-state index in [4.69, 9.17) is 17.3 Å². The molecule has 3 rings (SSSR count). The number of halogens is 2. The number of anilines is 1. The van der Waals surface area contributed by atoms with Gasteiger partial charge in [-0.25, -0.2) is 4.39 Å². The maximum atomic E-state index is 13.0. The Hall–Kier alpha value is -1.91. The highest BCUT2D eigenvalue weighted by atomic mass is 35.5. The lowest BCUT2D eigenvalue weighted by atomic mass is 9.88. The number of hydrogen-bond acceptors (Lipinski definition) is 2. The molecule has 0 unspecified atom stereocenters. The number of β-lactam (4-membered cyclic amide) rings is 1. The largest absolute Gasteiger partial charge is 0.318 e. The molecule has 2 N–H and O–H groups in total. The van der Waals surface area contributed by atoms with Crippen LogP contribution in [-0.4, -0.2) is 11.9 Å². The Kier molecular flexibility index (Phi) is 3.20. The Bertz CT molecular complexity index is 659. The average Bonchev–Trinajstić information content (AvgIpc) is 2.45. The summed E-state index contributed by atoms with van der Waals surface area (Å²) in [5.74, 6) is -0.521. The van der Waals surface area contributed by atoms with Crippen molar-refractivity contribution in [2.75, 3.05) is 4.90 Å². The van der Waals surface area contributed by atoms with Crippen molar-refractivity contribution in [3.05, 3.63) is 64.9 Å². The first-order valence-electron chi connectivity index (χ1n) is 6.17. The molecule has 1 amide bonds. The van der Waals surface area contributed by atoms with Crippen molar-refractivity contribution in [2.45, 2.75) is 12.1 Å². The number of carbonyl (C=O) groups is 1. The second-order valence-corrected chi connectivity index (χ2v) is 5.15. The second-order valence-electron chi connectivity index (χ2n) is 4.71. The van der Waals surface area contributed by atoms with Crippen LogP contribution < -0.4 is 10.6 Å². The zero-order chi connectivity index (χ0) is 14.3. The third-order valence-corrected chi connectivity index (χ3v) is 3.67. The van der Waals surface area contributed by atoms with Gasteiger partial charge in [0.15, 0.2) is 0 Å². The summed E-state index contributed by atoms with van der Waals surface area (Å²) in [7, 11) is 0. The fraction of sp³-hybridized carbons (Fsp3) is 0.133. The van der Waals surface area contributed by atoms with E-state index in [0.29, 0.717) is 10.7 Å². The number of amides is 1. The van der Waals surface area contributed by atoms with E-state index >= 15 is 0 Å². The lowest BCUT2D eigenvalue weighted by Gasteiger charge is -2.45. The van der Waals surface area contributed by atoms with E-state index in [2.05, 4.69) is 0 Å². The van der Waals surface area contributed by atoms with Crippen LogP contribution in [0.5, 0.6) is 0 Å². The van der Waals surface area contributed by atoms with Gasteiger partial charge in [-0.05, 0) is 42.0 Å². The van der Waals surface area contributed by atoms with Gasteiger partial charge in [-0.1, -0.05) is 23.7 Å². The first-order chi connectivity index (χ1) is 9.58. The molecule has 2 atom stereocenters. The maximum Gasteiger partial charge on any atom is 0.247 e. The van der Waals surface area contributed by atoms with Crippen LogP contribution in [0.4, 0.5) is 10.1 Å². The summed E-state index contributed by atoms with van der Waals surface area (Å²) in [6, 6.07) is 12.1. The molecule has 1 aliphatic heterocycles. The van der Waals surface area contributed by atoms with Crippen LogP contribution in [-0.2, 0) is 4.79 Å². The van der Waals surface area contributed by atoms with Crippen LogP contribution in [0, 0.1) is 5.82 Å². The smallest absolute Gasteiger partial charge is 0.247 e. The standard InChI is InChI=1S/C15H12ClFN2O/c16-10-3-1-2-9(8-10)14-13(18)15(20)19(14)12-6-4-11(17)5-7-12/h1-8,13-14H,18H2/t13-,14-/m1/s1. The molecule has 0 bridgehead atoms. The van der Waals surface area contributed by atoms with E-state index in [-0.39, 0.29) is 17.8 Å². The van der Waals surface area contributed by atoms with Gasteiger partial charge in [0, 0.05) is 10.7 Å². The highest BCUT2D eigenvalue weighted by Crippen LogP contribution is 2.38. The summed E-state index contributed by atoms with van der Waals surface area (Å²) in [6.45, 7) is 0. The predicted octanol–water partition coefficient (Wildman–Crippen LogP) is 2.89. The van der Waals surface area contributed by atoms with E-state index in [9.17, 15) is 9.18 Å². The van der Waals surface area contributed by atoms with E-state index in [1.54, 1.807) is 29.2 Å². The van der Waals surface area contributed by atoms with Crippen LogP contribution >= 0.6 is 11.6 Å². The first-order valence-corrected chi connectivity index (χ1v) is 6.55. The van der Waals surface area contributed by atoms with Gasteiger partial charge in [0.1, 0.15) is 11.9 Å². The van der Waals surface area contributed by atoms with Crippen LogP contribution in [0.3, 0.4) is 0 Å². The minimum Gasteiger partial charge on any atom is -0.318 e. The van der Waals surface area contributed by atoms with Gasteiger partial charge in [0.25, 0.3) is 0 Å². The van der Waals surface area contributed by atoms with Crippen molar-refractivity contribution in [1.29, 1.82) is 0 Å². The molecule has 20 heavy (non-hydrogen) atoms. The van der Waals surface area contributed by atoms with E-state index in [1.807, 2.05) is 12.1 Å². The maximum absolute atomic E-state index is 13.0. The van der Waals surface area contributed by atoms with Gasteiger partial charge in [-0.3, -0.25) is 4.79 Å². The Morgan fingerprint density at radius 2 is 1.85 bits per heavy atom. The molecule has 1 saturated heterocycles. The minimum absolute atomic E-state index is 0.179. The van der Waals surface area contributed by atoms with Crippen LogP contribution in [0.25, 0.3) is 0 Å². The molecule has 0 spiro atoms. The molecule has 1 heterocycles. The minimum atomic E-state index is -0.599. The van der Waals surface area contributed by atoms with E-state index < -0.39 is 6.04 Å². The summed E-state index contributed by atoms with van der Waals surface area (Å²) in [5, 5.41) is 0.591. The van der Waals surface area contributed by atoms with Crippen molar-refractivity contribution in [1.82, 2.24) is 0 Å². The number of hydrogen-bond donors (Lipinski definition) is 1. The number of benzene rings is 2. The van der Waals surface area contributed by atoms with Gasteiger partial charge in [-0.15, -0.1) is 0 Å². The van der Waals surface area contributed by atoms with Crippen LogP contribution in [0.2, 0.25) is 5.02 Å². The summed E-state index contributed by atoms with van der Waals surface area (Å²) >= 11 is 5.97. The lowest BCUT2D eigenvalue weighted by Crippen LogP contribution is -2.63. The van der Waals surface area contributed by atoms with Crippen LogP contribution in [0.1, 0.15) is 11.6 Å². The predicted molar refractivity (Wildman–Crippen MR) is 76.1 cm³/mol. The van der Waals surface area contributed by atoms with Crippen molar-refractivity contribution < 1.29 is 9.18 Å². The zero-order valence-electron chi connectivity index (χ0n) is 10.5. The molecule has 2 aromatic carbocycles.